The Morgan fingerprint density at radius 3 is 1.62 bits per heavy atom. The van der Waals surface area contributed by atoms with Crippen molar-refractivity contribution in [3.05, 3.63) is 42.0 Å². The van der Waals surface area contributed by atoms with Crippen LogP contribution in [0.1, 0.15) is 83.3 Å². The van der Waals surface area contributed by atoms with E-state index in [1.54, 1.807) is 24.6 Å². The molecule has 0 saturated carbocycles. The van der Waals surface area contributed by atoms with Crippen molar-refractivity contribution < 1.29 is 12.4 Å². The number of rotatable bonds is 15. The summed E-state index contributed by atoms with van der Waals surface area (Å²) in [6.45, 7) is 10.9. The molecule has 26 heavy (non-hydrogen) atoms. The topological polar surface area (TPSA) is 0 Å². The van der Waals surface area contributed by atoms with Gasteiger partial charge in [-0.3, -0.25) is 0 Å². The number of hydrogen-bond donors (Lipinski definition) is 0. The zero-order valence-corrected chi connectivity index (χ0v) is 19.3. The molecule has 0 spiro atoms. The highest BCUT2D eigenvalue weighted by molar-refractivity contribution is 7.75. The molecule has 0 aliphatic rings. The fourth-order valence-electron chi connectivity index (χ4n) is 3.75. The molecule has 2 heteroatoms. The lowest BCUT2D eigenvalue weighted by Crippen LogP contribution is -3.00. The Bertz CT molecular complexity index is 430. The first-order valence-electron chi connectivity index (χ1n) is 10.8. The number of aryl methyl sites for hydroxylation is 1. The van der Waals surface area contributed by atoms with Crippen LogP contribution in [0, 0.1) is 0 Å². The van der Waals surface area contributed by atoms with Crippen LogP contribution in [0.2, 0.25) is 0 Å². The minimum atomic E-state index is -0.693. The maximum absolute atomic E-state index is 3.84. The van der Waals surface area contributed by atoms with Crippen molar-refractivity contribution in [2.75, 3.05) is 24.6 Å². The molecule has 0 aliphatic carbocycles. The first kappa shape index (κ1) is 25.7. The van der Waals surface area contributed by atoms with Gasteiger partial charge in [-0.15, -0.1) is 0 Å². The van der Waals surface area contributed by atoms with Gasteiger partial charge in [0.15, 0.2) is 0 Å². The van der Waals surface area contributed by atoms with E-state index in [0.29, 0.717) is 0 Å². The van der Waals surface area contributed by atoms with Gasteiger partial charge in [-0.05, 0) is 49.7 Å². The van der Waals surface area contributed by atoms with E-state index in [1.807, 2.05) is 6.08 Å². The molecule has 0 fully saturated rings. The second-order valence-corrected chi connectivity index (χ2v) is 12.2. The monoisotopic (exact) mass is 396 g/mol. The van der Waals surface area contributed by atoms with Gasteiger partial charge < -0.3 is 12.4 Å². The molecule has 0 saturated heterocycles. The predicted molar refractivity (Wildman–Crippen MR) is 121 cm³/mol. The Balaban J connectivity index is 0.00000625. The first-order valence-corrected chi connectivity index (χ1v) is 13.3. The minimum Gasteiger partial charge on any atom is -1.00 e. The van der Waals surface area contributed by atoms with Crippen LogP contribution in [0.3, 0.4) is 0 Å². The van der Waals surface area contributed by atoms with Gasteiger partial charge in [0.2, 0.25) is 0 Å². The Labute approximate surface area is 171 Å². The molecule has 0 radical (unpaired) electrons. The van der Waals surface area contributed by atoms with Crippen LogP contribution in [-0.2, 0) is 6.42 Å². The maximum Gasteiger partial charge on any atom is 0.0594 e. The second-order valence-electron chi connectivity index (χ2n) is 7.70. The highest BCUT2D eigenvalue weighted by atomic mass is 35.5. The highest BCUT2D eigenvalue weighted by Crippen LogP contribution is 2.61. The van der Waals surface area contributed by atoms with Crippen LogP contribution in [0.5, 0.6) is 0 Å². The fourth-order valence-corrected chi connectivity index (χ4v) is 8.95. The second kappa shape index (κ2) is 15.7. The molecular formula is C24H42ClP. The minimum absolute atomic E-state index is 0. The van der Waals surface area contributed by atoms with Gasteiger partial charge >= 0.3 is 0 Å². The van der Waals surface area contributed by atoms with Gasteiger partial charge in [0, 0.05) is 7.26 Å². The average molecular weight is 397 g/mol. The SMILES string of the molecule is C=Cc1ccc(CCCC[P+](CCCC)(CCCC)CCCC)cc1.[Cl-]. The molecule has 1 rings (SSSR count). The summed E-state index contributed by atoms with van der Waals surface area (Å²) in [5.74, 6) is 0. The quantitative estimate of drug-likeness (QED) is 0.286. The Morgan fingerprint density at radius 1 is 0.731 bits per heavy atom. The summed E-state index contributed by atoms with van der Waals surface area (Å²) < 4.78 is 0. The van der Waals surface area contributed by atoms with Crippen LogP contribution in [0.15, 0.2) is 30.8 Å². The molecule has 0 unspecified atom stereocenters. The molecule has 0 aromatic heterocycles. The third-order valence-electron chi connectivity index (χ3n) is 5.52. The normalized spacial score (nSPS) is 11.2. The summed E-state index contributed by atoms with van der Waals surface area (Å²) in [4.78, 5) is 0. The summed E-state index contributed by atoms with van der Waals surface area (Å²) in [6, 6.07) is 8.96. The number of benzene rings is 1. The summed E-state index contributed by atoms with van der Waals surface area (Å²) >= 11 is 0. The zero-order valence-electron chi connectivity index (χ0n) is 17.6. The van der Waals surface area contributed by atoms with Crippen LogP contribution in [0.4, 0.5) is 0 Å². The molecule has 0 bridgehead atoms. The number of hydrogen-bond acceptors (Lipinski definition) is 0. The molecule has 0 nitrogen and oxygen atoms in total. The van der Waals surface area contributed by atoms with Crippen molar-refractivity contribution >= 4 is 13.3 Å². The van der Waals surface area contributed by atoms with Crippen LogP contribution >= 0.6 is 7.26 Å². The maximum atomic E-state index is 3.84. The summed E-state index contributed by atoms with van der Waals surface area (Å²) in [5, 5.41) is 0. The smallest absolute Gasteiger partial charge is 0.0594 e. The van der Waals surface area contributed by atoms with Crippen LogP contribution in [-0.4, -0.2) is 24.6 Å². The summed E-state index contributed by atoms with van der Waals surface area (Å²) in [6.07, 6.45) is 20.7. The lowest BCUT2D eigenvalue weighted by Gasteiger charge is -2.28. The molecule has 0 amide bonds. The molecule has 1 aromatic rings. The van der Waals surface area contributed by atoms with Gasteiger partial charge in [0.05, 0.1) is 24.6 Å². The average Bonchev–Trinajstić information content (AvgIpc) is 2.66. The van der Waals surface area contributed by atoms with Crippen LogP contribution < -0.4 is 12.4 Å². The Kier molecular flexibility index (Phi) is 15.5. The van der Waals surface area contributed by atoms with E-state index in [1.165, 1.54) is 68.9 Å². The lowest BCUT2D eigenvalue weighted by atomic mass is 10.1. The van der Waals surface area contributed by atoms with E-state index in [4.69, 9.17) is 0 Å². The largest absolute Gasteiger partial charge is 1.00 e. The molecule has 0 N–H and O–H groups in total. The van der Waals surface area contributed by atoms with Crippen molar-refractivity contribution in [3.63, 3.8) is 0 Å². The van der Waals surface area contributed by atoms with Crippen molar-refractivity contribution in [1.82, 2.24) is 0 Å². The molecule has 0 aliphatic heterocycles. The third kappa shape index (κ3) is 10.1. The summed E-state index contributed by atoms with van der Waals surface area (Å²) in [7, 11) is -0.693. The zero-order chi connectivity index (χ0) is 18.4. The van der Waals surface area contributed by atoms with Gasteiger partial charge in [0.25, 0.3) is 0 Å². The van der Waals surface area contributed by atoms with E-state index < -0.39 is 7.26 Å². The molecule has 0 heterocycles. The highest BCUT2D eigenvalue weighted by Gasteiger charge is 2.34. The van der Waals surface area contributed by atoms with Gasteiger partial charge in [-0.1, -0.05) is 77.0 Å². The summed E-state index contributed by atoms with van der Waals surface area (Å²) in [5.41, 5.74) is 2.72. The molecule has 150 valence electrons. The van der Waals surface area contributed by atoms with Crippen molar-refractivity contribution in [1.29, 1.82) is 0 Å². The van der Waals surface area contributed by atoms with E-state index in [0.717, 1.165) is 0 Å². The molecule has 0 atom stereocenters. The van der Waals surface area contributed by atoms with Gasteiger partial charge in [-0.25, -0.2) is 0 Å². The predicted octanol–water partition coefficient (Wildman–Crippen LogP) is 5.07. The van der Waals surface area contributed by atoms with Gasteiger partial charge in [-0.2, -0.15) is 0 Å². The number of halogens is 1. The van der Waals surface area contributed by atoms with E-state index >= 15 is 0 Å². The standard InChI is InChI=1S/C24H42P.ClH/c1-5-9-19-25(20-10-6-2,21-11-7-3)22-13-12-14-24-17-15-23(8-4)16-18-24;/h8,15-18H,4-7,9-14,19-22H2,1-3H3;1H/q+1;/p-1. The molecule has 1 aromatic carbocycles. The Hall–Kier alpha value is -0.320. The van der Waals surface area contributed by atoms with E-state index in [2.05, 4.69) is 51.6 Å². The molecular weight excluding hydrogens is 355 g/mol. The lowest BCUT2D eigenvalue weighted by molar-refractivity contribution is -0.00000550. The number of unbranched alkanes of at least 4 members (excludes halogenated alkanes) is 4. The third-order valence-corrected chi connectivity index (χ3v) is 10.6. The van der Waals surface area contributed by atoms with Crippen molar-refractivity contribution in [2.24, 2.45) is 0 Å². The fraction of sp³-hybridized carbons (Fsp3) is 0.667. The van der Waals surface area contributed by atoms with Crippen molar-refractivity contribution in [3.8, 4) is 0 Å². The van der Waals surface area contributed by atoms with Crippen LogP contribution in [0.25, 0.3) is 6.08 Å². The van der Waals surface area contributed by atoms with Crippen molar-refractivity contribution in [2.45, 2.75) is 78.6 Å². The van der Waals surface area contributed by atoms with E-state index in [9.17, 15) is 0 Å². The van der Waals surface area contributed by atoms with Gasteiger partial charge in [0.1, 0.15) is 0 Å². The van der Waals surface area contributed by atoms with E-state index in [-0.39, 0.29) is 12.4 Å². The first-order chi connectivity index (χ1) is 12.2. The Morgan fingerprint density at radius 2 is 1.19 bits per heavy atom.